The number of unbranched alkanes of at least 4 members (excludes halogenated alkanes) is 1. The molecule has 2 nitrogen and oxygen atoms in total. The van der Waals surface area contributed by atoms with Gasteiger partial charge in [0, 0.05) is 11.4 Å². The van der Waals surface area contributed by atoms with Crippen LogP contribution in [0.15, 0.2) is 22.4 Å². The summed E-state index contributed by atoms with van der Waals surface area (Å²) in [6.45, 7) is 5.17. The summed E-state index contributed by atoms with van der Waals surface area (Å²) >= 11 is 8.47. The Kier molecular flexibility index (Phi) is 6.45. The molecule has 0 N–H and O–H groups in total. The normalized spacial score (nSPS) is 18.8. The summed E-state index contributed by atoms with van der Waals surface area (Å²) in [7, 11) is 0. The second-order valence-electron chi connectivity index (χ2n) is 5.22. The van der Waals surface area contributed by atoms with Crippen molar-refractivity contribution in [2.45, 2.75) is 39.5 Å². The summed E-state index contributed by atoms with van der Waals surface area (Å²) in [6, 6.07) is 4.02. The Hall–Kier alpha value is -0.650. The Morgan fingerprint density at radius 3 is 2.86 bits per heavy atom. The number of carbonyl (C=O) groups is 1. The molecule has 0 aromatic carbocycles. The van der Waals surface area contributed by atoms with Crippen LogP contribution in [-0.2, 0) is 4.79 Å². The van der Waals surface area contributed by atoms with Crippen molar-refractivity contribution in [3.63, 3.8) is 0 Å². The number of thioether (sulfide) groups is 1. The van der Waals surface area contributed by atoms with Crippen LogP contribution < -0.4 is 0 Å². The number of hydrogen-bond donors (Lipinski definition) is 0. The van der Waals surface area contributed by atoms with Gasteiger partial charge in [0.2, 0.25) is 0 Å². The summed E-state index contributed by atoms with van der Waals surface area (Å²) in [5, 5.41) is 2.02. The minimum Gasteiger partial charge on any atom is -0.293 e. The highest BCUT2D eigenvalue weighted by molar-refractivity contribution is 8.26. The molecule has 1 saturated heterocycles. The van der Waals surface area contributed by atoms with Crippen molar-refractivity contribution in [2.24, 2.45) is 5.92 Å². The van der Waals surface area contributed by atoms with Gasteiger partial charge < -0.3 is 0 Å². The van der Waals surface area contributed by atoms with E-state index in [-0.39, 0.29) is 5.91 Å². The predicted octanol–water partition coefficient (Wildman–Crippen LogP) is 5.17. The van der Waals surface area contributed by atoms with E-state index in [0.717, 1.165) is 22.7 Å². The highest BCUT2D eigenvalue weighted by Crippen LogP contribution is 2.34. The van der Waals surface area contributed by atoms with Crippen LogP contribution in [0.25, 0.3) is 6.08 Å². The second kappa shape index (κ2) is 8.11. The van der Waals surface area contributed by atoms with Gasteiger partial charge in [-0.3, -0.25) is 9.69 Å². The second-order valence-corrected chi connectivity index (χ2v) is 7.88. The zero-order valence-electron chi connectivity index (χ0n) is 12.5. The van der Waals surface area contributed by atoms with Gasteiger partial charge in [0.15, 0.2) is 0 Å². The predicted molar refractivity (Wildman–Crippen MR) is 97.5 cm³/mol. The first kappa shape index (κ1) is 16.7. The SMILES string of the molecule is CCCCC(CC)CN1C(=O)/C(=C/c2cccs2)SC1=S. The zero-order valence-corrected chi connectivity index (χ0v) is 15.0. The maximum absolute atomic E-state index is 12.5. The van der Waals surface area contributed by atoms with Gasteiger partial charge in [-0.1, -0.05) is 63.2 Å². The number of amides is 1. The van der Waals surface area contributed by atoms with Crippen molar-refractivity contribution in [1.82, 2.24) is 4.90 Å². The van der Waals surface area contributed by atoms with Crippen LogP contribution in [0.3, 0.4) is 0 Å². The van der Waals surface area contributed by atoms with Gasteiger partial charge in [-0.15, -0.1) is 11.3 Å². The van der Waals surface area contributed by atoms with Gasteiger partial charge in [-0.25, -0.2) is 0 Å². The van der Waals surface area contributed by atoms with E-state index in [0.29, 0.717) is 10.2 Å². The molecule has 0 spiro atoms. The number of thiophene rings is 1. The fourth-order valence-corrected chi connectivity index (χ4v) is 4.33. The molecule has 5 heteroatoms. The lowest BCUT2D eigenvalue weighted by atomic mass is 9.99. The van der Waals surface area contributed by atoms with Gasteiger partial charge >= 0.3 is 0 Å². The number of thiocarbonyl (C=S) groups is 1. The first-order valence-corrected chi connectivity index (χ1v) is 9.55. The van der Waals surface area contributed by atoms with Crippen LogP contribution in [0.4, 0.5) is 0 Å². The molecule has 114 valence electrons. The fraction of sp³-hybridized carbons (Fsp3) is 0.500. The summed E-state index contributed by atoms with van der Waals surface area (Å²) in [4.78, 5) is 16.2. The molecule has 1 atom stereocenters. The smallest absolute Gasteiger partial charge is 0.266 e. The Labute approximate surface area is 140 Å². The average Bonchev–Trinajstić information content (AvgIpc) is 3.07. The summed E-state index contributed by atoms with van der Waals surface area (Å²) in [5.74, 6) is 0.627. The Bertz CT molecular complexity index is 522. The lowest BCUT2D eigenvalue weighted by Gasteiger charge is -2.21. The molecule has 0 aliphatic carbocycles. The third-order valence-corrected chi connectivity index (χ3v) is 5.87. The highest BCUT2D eigenvalue weighted by atomic mass is 32.2. The molecule has 1 unspecified atom stereocenters. The third kappa shape index (κ3) is 4.41. The average molecular weight is 340 g/mol. The van der Waals surface area contributed by atoms with Crippen molar-refractivity contribution >= 4 is 51.6 Å². The van der Waals surface area contributed by atoms with E-state index in [1.807, 2.05) is 23.6 Å². The lowest BCUT2D eigenvalue weighted by Crippen LogP contribution is -2.33. The number of carbonyl (C=O) groups excluding carboxylic acids is 1. The van der Waals surface area contributed by atoms with Crippen molar-refractivity contribution in [1.29, 1.82) is 0 Å². The minimum absolute atomic E-state index is 0.0772. The zero-order chi connectivity index (χ0) is 15.2. The molecular weight excluding hydrogens is 318 g/mol. The number of rotatable bonds is 7. The molecule has 2 rings (SSSR count). The molecule has 0 radical (unpaired) electrons. The fourth-order valence-electron chi connectivity index (χ4n) is 2.34. The van der Waals surface area contributed by atoms with Gasteiger partial charge in [0.25, 0.3) is 5.91 Å². The van der Waals surface area contributed by atoms with Crippen LogP contribution >= 0.6 is 35.3 Å². The molecule has 21 heavy (non-hydrogen) atoms. The molecule has 1 aliphatic heterocycles. The van der Waals surface area contributed by atoms with Gasteiger partial charge in [-0.05, 0) is 29.9 Å². The van der Waals surface area contributed by atoms with Gasteiger partial charge in [0.05, 0.1) is 4.91 Å². The van der Waals surface area contributed by atoms with E-state index < -0.39 is 0 Å². The van der Waals surface area contributed by atoms with Crippen LogP contribution in [-0.4, -0.2) is 21.7 Å². The van der Waals surface area contributed by atoms with Crippen LogP contribution in [0.5, 0.6) is 0 Å². The van der Waals surface area contributed by atoms with Crippen molar-refractivity contribution < 1.29 is 4.79 Å². The van der Waals surface area contributed by atoms with Gasteiger partial charge in [0.1, 0.15) is 4.32 Å². The molecule has 1 aromatic heterocycles. The molecule has 1 aromatic rings. The molecule has 0 saturated carbocycles. The lowest BCUT2D eigenvalue weighted by molar-refractivity contribution is -0.122. The molecular formula is C16H21NOS3. The van der Waals surface area contributed by atoms with Crippen molar-refractivity contribution in [3.05, 3.63) is 27.3 Å². The quantitative estimate of drug-likeness (QED) is 0.505. The van der Waals surface area contributed by atoms with E-state index in [1.54, 1.807) is 16.2 Å². The van der Waals surface area contributed by atoms with E-state index >= 15 is 0 Å². The van der Waals surface area contributed by atoms with Crippen molar-refractivity contribution in [3.8, 4) is 0 Å². The molecule has 1 aliphatic rings. The standard InChI is InChI=1S/C16H21NOS3/c1-3-5-7-12(4-2)11-17-15(18)14(21-16(17)19)10-13-8-6-9-20-13/h6,8-10,12H,3-5,7,11H2,1-2H3/b14-10-. The topological polar surface area (TPSA) is 20.3 Å². The summed E-state index contributed by atoms with van der Waals surface area (Å²) < 4.78 is 0.706. The molecule has 2 heterocycles. The van der Waals surface area contributed by atoms with E-state index in [1.165, 1.54) is 31.0 Å². The Morgan fingerprint density at radius 2 is 2.24 bits per heavy atom. The first-order valence-electron chi connectivity index (χ1n) is 7.44. The molecule has 1 fully saturated rings. The van der Waals surface area contributed by atoms with Crippen molar-refractivity contribution in [2.75, 3.05) is 6.54 Å². The number of nitrogens with zero attached hydrogens (tertiary/aromatic N) is 1. The van der Waals surface area contributed by atoms with Gasteiger partial charge in [-0.2, -0.15) is 0 Å². The first-order chi connectivity index (χ1) is 10.2. The number of hydrogen-bond acceptors (Lipinski definition) is 4. The van der Waals surface area contributed by atoms with E-state index in [4.69, 9.17) is 12.2 Å². The molecule has 0 bridgehead atoms. The minimum atomic E-state index is 0.0772. The van der Waals surface area contributed by atoms with Crippen LogP contribution in [0.2, 0.25) is 0 Å². The van der Waals surface area contributed by atoms with E-state index in [2.05, 4.69) is 13.8 Å². The third-order valence-electron chi connectivity index (χ3n) is 3.67. The molecule has 1 amide bonds. The maximum atomic E-state index is 12.5. The monoisotopic (exact) mass is 339 g/mol. The highest BCUT2D eigenvalue weighted by Gasteiger charge is 2.33. The van der Waals surface area contributed by atoms with E-state index in [9.17, 15) is 4.79 Å². The Morgan fingerprint density at radius 1 is 1.43 bits per heavy atom. The van der Waals surface area contributed by atoms with Crippen LogP contribution in [0, 0.1) is 5.92 Å². The maximum Gasteiger partial charge on any atom is 0.266 e. The van der Waals surface area contributed by atoms with Crippen LogP contribution in [0.1, 0.15) is 44.4 Å². The Balaban J connectivity index is 2.04. The summed E-state index contributed by atoms with van der Waals surface area (Å²) in [5.41, 5.74) is 0. The summed E-state index contributed by atoms with van der Waals surface area (Å²) in [6.07, 6.45) is 6.65. The largest absolute Gasteiger partial charge is 0.293 e.